The second kappa shape index (κ2) is 14.0. The zero-order chi connectivity index (χ0) is 33.9. The van der Waals surface area contributed by atoms with E-state index in [4.69, 9.17) is 42.6 Å². The second-order valence-corrected chi connectivity index (χ2v) is 12.9. The lowest BCUT2D eigenvalue weighted by Gasteiger charge is -2.47. The minimum absolute atomic E-state index is 0.0361. The molecule has 0 aliphatic carbocycles. The van der Waals surface area contributed by atoms with Gasteiger partial charge in [0.05, 0.1) is 26.4 Å². The monoisotopic (exact) mass is 709 g/mol. The second-order valence-electron chi connectivity index (χ2n) is 11.9. The number of hydrogen-bond acceptors (Lipinski definition) is 22. The first kappa shape index (κ1) is 36.0. The summed E-state index contributed by atoms with van der Waals surface area (Å²) < 4.78 is 88.3. The smallest absolute Gasteiger partial charge is 0.218 e. The average molecular weight is 710 g/mol. The van der Waals surface area contributed by atoms with Crippen LogP contribution in [0.15, 0.2) is 0 Å². The molecule has 0 amide bonds. The summed E-state index contributed by atoms with van der Waals surface area (Å²) in [7, 11) is -5.45. The molecule has 0 spiro atoms. The van der Waals surface area contributed by atoms with E-state index >= 15 is 0 Å². The van der Waals surface area contributed by atoms with Crippen molar-refractivity contribution in [1.29, 1.82) is 0 Å². The fourth-order valence-electron chi connectivity index (χ4n) is 6.51. The highest BCUT2D eigenvalue weighted by Crippen LogP contribution is 2.38. The van der Waals surface area contributed by atoms with E-state index in [1.807, 2.05) is 0 Å². The highest BCUT2D eigenvalue weighted by atomic mass is 32.3. The van der Waals surface area contributed by atoms with Crippen LogP contribution in [0.2, 0.25) is 0 Å². The van der Waals surface area contributed by atoms with Gasteiger partial charge in [0.2, 0.25) is 10.4 Å². The van der Waals surface area contributed by atoms with Crippen molar-refractivity contribution in [3.05, 3.63) is 0 Å². The van der Waals surface area contributed by atoms with Crippen LogP contribution >= 0.6 is 0 Å². The Balaban J connectivity index is 1.14. The van der Waals surface area contributed by atoms with Gasteiger partial charge >= 0.3 is 0 Å². The topological polar surface area (TPSA) is 332 Å². The van der Waals surface area contributed by atoms with Crippen LogP contribution in [0.4, 0.5) is 0 Å². The highest BCUT2D eigenvalue weighted by Gasteiger charge is 2.59. The fraction of sp³-hybridized carbons (Fsp3) is 1.00. The zero-order valence-corrected chi connectivity index (χ0v) is 24.9. The third-order valence-corrected chi connectivity index (χ3v) is 9.36. The first-order valence-electron chi connectivity index (χ1n) is 14.7. The molecule has 0 aromatic heterocycles. The molecule has 6 aliphatic rings. The highest BCUT2D eigenvalue weighted by molar-refractivity contribution is 7.80. The Morgan fingerprint density at radius 2 is 1.13 bits per heavy atom. The molecule has 9 N–H and O–H groups in total. The largest absolute Gasteiger partial charge is 0.726 e. The van der Waals surface area contributed by atoms with Gasteiger partial charge < -0.3 is 93.1 Å². The van der Waals surface area contributed by atoms with Gasteiger partial charge in [-0.25, -0.2) is 8.42 Å². The van der Waals surface area contributed by atoms with Gasteiger partial charge in [0.15, 0.2) is 25.2 Å². The molecule has 6 aliphatic heterocycles. The molecule has 0 aromatic carbocycles. The van der Waals surface area contributed by atoms with Crippen molar-refractivity contribution in [2.75, 3.05) is 26.4 Å². The quantitative estimate of drug-likeness (QED) is 0.0751. The van der Waals surface area contributed by atoms with Crippen molar-refractivity contribution in [2.24, 2.45) is 0 Å². The Hall–Kier alpha value is -0.850. The van der Waals surface area contributed by atoms with Crippen LogP contribution in [0.1, 0.15) is 0 Å². The fourth-order valence-corrected chi connectivity index (χ4v) is 7.02. The molecule has 4 bridgehead atoms. The molecule has 0 radical (unpaired) electrons. The summed E-state index contributed by atoms with van der Waals surface area (Å²) in [5.74, 6) is 0. The summed E-state index contributed by atoms with van der Waals surface area (Å²) in [6, 6.07) is 0. The zero-order valence-electron chi connectivity index (χ0n) is 24.1. The molecular weight excluding hydrogens is 672 g/mol. The van der Waals surface area contributed by atoms with Crippen LogP contribution in [-0.2, 0) is 57.2 Å². The summed E-state index contributed by atoms with van der Waals surface area (Å²) in [6.45, 7) is -2.01. The first-order chi connectivity index (χ1) is 22.2. The van der Waals surface area contributed by atoms with Gasteiger partial charge in [-0.2, -0.15) is 0 Å². The van der Waals surface area contributed by atoms with Gasteiger partial charge in [0.25, 0.3) is 0 Å². The van der Waals surface area contributed by atoms with E-state index in [0.717, 1.165) is 0 Å². The summed E-state index contributed by atoms with van der Waals surface area (Å²) in [5, 5.41) is 93.6. The van der Waals surface area contributed by atoms with E-state index in [2.05, 4.69) is 4.18 Å². The molecule has 0 unspecified atom stereocenters. The predicted octanol–water partition coefficient (Wildman–Crippen LogP) is -8.17. The summed E-state index contributed by atoms with van der Waals surface area (Å²) in [5.41, 5.74) is 0. The number of ether oxygens (including phenoxy) is 9. The molecule has 6 saturated heterocycles. The molecule has 20 atom stereocenters. The van der Waals surface area contributed by atoms with Crippen LogP contribution in [0, 0.1) is 0 Å². The molecule has 0 aromatic rings. The molecule has 272 valence electrons. The molecule has 6 heterocycles. The Labute approximate surface area is 265 Å². The third-order valence-electron chi connectivity index (χ3n) is 8.90. The molecule has 22 nitrogen and oxygen atoms in total. The lowest BCUT2D eigenvalue weighted by Crippen LogP contribution is -2.66. The van der Waals surface area contributed by atoms with Crippen LogP contribution < -0.4 is 0 Å². The van der Waals surface area contributed by atoms with Gasteiger partial charge in [-0.15, -0.1) is 0 Å². The molecule has 6 fully saturated rings. The van der Waals surface area contributed by atoms with Crippen molar-refractivity contribution in [1.82, 2.24) is 0 Å². The minimum Gasteiger partial charge on any atom is -0.726 e. The van der Waals surface area contributed by atoms with Crippen LogP contribution in [0.5, 0.6) is 0 Å². The van der Waals surface area contributed by atoms with E-state index in [1.165, 1.54) is 0 Å². The average Bonchev–Trinajstić information content (AvgIpc) is 3.48. The van der Waals surface area contributed by atoms with Crippen molar-refractivity contribution in [3.8, 4) is 0 Å². The molecule has 6 rings (SSSR count). The van der Waals surface area contributed by atoms with Gasteiger partial charge in [-0.05, 0) is 0 Å². The Bertz CT molecular complexity index is 1180. The number of aliphatic hydroxyl groups excluding tert-OH is 9. The molecular formula is C24H37O22S-. The van der Waals surface area contributed by atoms with Crippen LogP contribution in [-0.4, -0.2) is 208 Å². The van der Waals surface area contributed by atoms with Gasteiger partial charge in [-0.3, -0.25) is 4.18 Å². The molecule has 0 saturated carbocycles. The minimum atomic E-state index is -5.45. The van der Waals surface area contributed by atoms with Crippen molar-refractivity contribution in [3.63, 3.8) is 0 Å². The summed E-state index contributed by atoms with van der Waals surface area (Å²) in [4.78, 5) is 0. The van der Waals surface area contributed by atoms with Crippen LogP contribution in [0.25, 0.3) is 0 Å². The van der Waals surface area contributed by atoms with E-state index in [9.17, 15) is 58.9 Å². The lowest BCUT2D eigenvalue weighted by molar-refractivity contribution is -0.371. The van der Waals surface area contributed by atoms with Crippen molar-refractivity contribution in [2.45, 2.75) is 123 Å². The maximum absolute atomic E-state index is 11.3. The van der Waals surface area contributed by atoms with E-state index in [-0.39, 0.29) is 13.2 Å². The number of fused-ring (bicyclic) bond motifs is 4. The third kappa shape index (κ3) is 6.93. The Morgan fingerprint density at radius 1 is 0.574 bits per heavy atom. The maximum Gasteiger partial charge on any atom is 0.218 e. The van der Waals surface area contributed by atoms with E-state index < -0.39 is 146 Å². The van der Waals surface area contributed by atoms with Crippen molar-refractivity contribution < 1.29 is 106 Å². The number of rotatable bonds is 10. The number of hydrogen-bond donors (Lipinski definition) is 9. The normalized spacial score (nSPS) is 53.3. The Kier molecular flexibility index (Phi) is 10.7. The van der Waals surface area contributed by atoms with Gasteiger partial charge in [0, 0.05) is 0 Å². The number of aliphatic hydroxyl groups is 9. The molecule has 23 heteroatoms. The SMILES string of the molecule is O=S(=O)([O-])O[C@@H]1[C@H](O[C@H]2O[C@@H]3CO[C@H]([C@H]2O)[C@H]3O[C@@H]2O[C@H](CO)[C@H](O)[C@H](O[C@H]3O[C@@H]4CO[C@@H]([C@H]4O)[C@H]3O)[C@H]2O)[C@@H](O)[C@H](O)O[C@@H]1CO. The standard InChI is InChI=1S/C24H38O22S/c25-1-5-9(27)18(44-22-12(30)17-10(28)7(41-22)3-37-17)13(31)23(40-5)43-15-8-4-38-19(15)14(32)24(42-8)45-20-11(29)21(33)39-6(2-26)16(20)46-47(34,35)36/h5-33H,1-4H2,(H,34,35,36)/p-1/t5-,6-,7-,8-,9+,10+,11-,12-,13-,14-,15+,16+,17+,18+,19-,20-,21-,22-,23+,24-/m1/s1. The lowest BCUT2D eigenvalue weighted by atomic mass is 9.96. The van der Waals surface area contributed by atoms with Gasteiger partial charge in [-0.1, -0.05) is 0 Å². The van der Waals surface area contributed by atoms with Crippen LogP contribution in [0.3, 0.4) is 0 Å². The molecule has 47 heavy (non-hydrogen) atoms. The Morgan fingerprint density at radius 3 is 1.79 bits per heavy atom. The van der Waals surface area contributed by atoms with E-state index in [0.29, 0.717) is 0 Å². The van der Waals surface area contributed by atoms with Crippen molar-refractivity contribution >= 4 is 10.4 Å². The first-order valence-corrected chi connectivity index (χ1v) is 16.0. The summed E-state index contributed by atoms with van der Waals surface area (Å²) in [6.07, 6.45) is -30.8. The van der Waals surface area contributed by atoms with E-state index in [1.54, 1.807) is 0 Å². The summed E-state index contributed by atoms with van der Waals surface area (Å²) >= 11 is 0. The maximum atomic E-state index is 11.3. The predicted molar refractivity (Wildman–Crippen MR) is 136 cm³/mol. The van der Waals surface area contributed by atoms with Gasteiger partial charge in [0.1, 0.15) is 97.7 Å².